The van der Waals surface area contributed by atoms with Crippen LogP contribution in [0.15, 0.2) is 36.4 Å². The van der Waals surface area contributed by atoms with E-state index in [1.54, 1.807) is 0 Å². The minimum Gasteiger partial charge on any atom is -0.493 e. The molecule has 0 amide bonds. The smallest absolute Gasteiger partial charge is 0.360 e. The average Bonchev–Trinajstić information content (AvgIpc) is 2.59. The van der Waals surface area contributed by atoms with Gasteiger partial charge in [0.05, 0.1) is 14.2 Å². The summed E-state index contributed by atoms with van der Waals surface area (Å²) in [6.07, 6.45) is 0. The molecule has 0 aliphatic heterocycles. The van der Waals surface area contributed by atoms with E-state index in [2.05, 4.69) is 9.72 Å². The van der Waals surface area contributed by atoms with Gasteiger partial charge in [-0.1, -0.05) is 30.3 Å². The Kier molecular flexibility index (Phi) is 5.14. The molecule has 1 heterocycles. The van der Waals surface area contributed by atoms with Crippen LogP contribution in [-0.4, -0.2) is 36.2 Å². The van der Waals surface area contributed by atoms with Crippen molar-refractivity contribution in [2.24, 2.45) is 0 Å². The number of nitrogens with zero attached hydrogens (tertiary/aromatic N) is 1. The highest BCUT2D eigenvalue weighted by Gasteiger charge is 2.24. The summed E-state index contributed by atoms with van der Waals surface area (Å²) in [5, 5.41) is 9.07. The fraction of sp³-hybridized carbons (Fsp3) is 0.188. The SMILES string of the molecule is COC(=O)c1nc(C(=O)O)cc(OC)c1OCc1ccccc1. The number of carbonyl (C=O) groups is 2. The lowest BCUT2D eigenvalue weighted by atomic mass is 10.2. The molecule has 23 heavy (non-hydrogen) atoms. The van der Waals surface area contributed by atoms with E-state index < -0.39 is 11.9 Å². The number of aromatic nitrogens is 1. The van der Waals surface area contributed by atoms with Gasteiger partial charge in [-0.05, 0) is 5.56 Å². The van der Waals surface area contributed by atoms with Crippen LogP contribution in [0, 0.1) is 0 Å². The molecule has 2 aromatic rings. The van der Waals surface area contributed by atoms with E-state index in [9.17, 15) is 9.59 Å². The fourth-order valence-corrected chi connectivity index (χ4v) is 1.88. The molecule has 0 bridgehead atoms. The molecule has 0 radical (unpaired) electrons. The van der Waals surface area contributed by atoms with Crippen molar-refractivity contribution in [3.05, 3.63) is 53.3 Å². The molecule has 2 rings (SSSR count). The number of esters is 1. The molecule has 0 aliphatic carbocycles. The molecule has 1 aromatic carbocycles. The maximum Gasteiger partial charge on any atom is 0.360 e. The van der Waals surface area contributed by atoms with Gasteiger partial charge in [-0.25, -0.2) is 14.6 Å². The minimum atomic E-state index is -1.29. The molecule has 0 aliphatic rings. The van der Waals surface area contributed by atoms with Crippen molar-refractivity contribution in [3.8, 4) is 11.5 Å². The Morgan fingerprint density at radius 2 is 1.87 bits per heavy atom. The topological polar surface area (TPSA) is 95.0 Å². The Morgan fingerprint density at radius 1 is 1.17 bits per heavy atom. The van der Waals surface area contributed by atoms with Crippen molar-refractivity contribution in [2.45, 2.75) is 6.61 Å². The van der Waals surface area contributed by atoms with E-state index >= 15 is 0 Å². The van der Waals surface area contributed by atoms with E-state index in [1.807, 2.05) is 30.3 Å². The monoisotopic (exact) mass is 317 g/mol. The summed E-state index contributed by atoms with van der Waals surface area (Å²) in [7, 11) is 2.52. The van der Waals surface area contributed by atoms with Crippen LogP contribution in [0.4, 0.5) is 0 Å². The molecular weight excluding hydrogens is 302 g/mol. The Bertz CT molecular complexity index is 714. The van der Waals surface area contributed by atoms with Gasteiger partial charge >= 0.3 is 11.9 Å². The predicted molar refractivity (Wildman–Crippen MR) is 79.9 cm³/mol. The molecule has 0 fully saturated rings. The number of hydrogen-bond acceptors (Lipinski definition) is 6. The second kappa shape index (κ2) is 7.26. The highest BCUT2D eigenvalue weighted by Crippen LogP contribution is 2.32. The van der Waals surface area contributed by atoms with E-state index in [0.29, 0.717) is 0 Å². The quantitative estimate of drug-likeness (QED) is 0.816. The van der Waals surface area contributed by atoms with Gasteiger partial charge in [0, 0.05) is 6.07 Å². The van der Waals surface area contributed by atoms with Crippen LogP contribution in [0.1, 0.15) is 26.5 Å². The number of carboxylic acids is 1. The van der Waals surface area contributed by atoms with Crippen molar-refractivity contribution < 1.29 is 28.9 Å². The first-order valence-electron chi connectivity index (χ1n) is 6.64. The lowest BCUT2D eigenvalue weighted by molar-refractivity contribution is 0.0586. The summed E-state index contributed by atoms with van der Waals surface area (Å²) in [6.45, 7) is 0.162. The van der Waals surface area contributed by atoms with Gasteiger partial charge in [0.15, 0.2) is 22.9 Å². The van der Waals surface area contributed by atoms with Crippen molar-refractivity contribution >= 4 is 11.9 Å². The molecule has 1 N–H and O–H groups in total. The van der Waals surface area contributed by atoms with Gasteiger partial charge in [-0.2, -0.15) is 0 Å². The van der Waals surface area contributed by atoms with Crippen molar-refractivity contribution in [1.82, 2.24) is 4.98 Å². The molecule has 7 nitrogen and oxygen atoms in total. The number of ether oxygens (including phenoxy) is 3. The molecule has 0 saturated heterocycles. The number of carboxylic acid groups (broad SMARTS) is 1. The summed E-state index contributed by atoms with van der Waals surface area (Å²) in [5.74, 6) is -1.97. The van der Waals surface area contributed by atoms with Gasteiger partial charge in [-0.3, -0.25) is 0 Å². The van der Waals surface area contributed by atoms with Gasteiger partial charge in [-0.15, -0.1) is 0 Å². The van der Waals surface area contributed by atoms with Crippen LogP contribution in [0.3, 0.4) is 0 Å². The molecule has 0 spiro atoms. The number of aromatic carboxylic acids is 1. The first-order valence-corrected chi connectivity index (χ1v) is 6.64. The number of benzene rings is 1. The predicted octanol–water partition coefficient (Wildman–Crippen LogP) is 2.15. The number of pyridine rings is 1. The molecule has 0 unspecified atom stereocenters. The van der Waals surface area contributed by atoms with Gasteiger partial charge in [0.25, 0.3) is 0 Å². The molecular formula is C16H15NO6. The lowest BCUT2D eigenvalue weighted by Crippen LogP contribution is -2.13. The van der Waals surface area contributed by atoms with E-state index in [0.717, 1.165) is 5.56 Å². The zero-order chi connectivity index (χ0) is 16.8. The van der Waals surface area contributed by atoms with Gasteiger partial charge in [0.2, 0.25) is 0 Å². The largest absolute Gasteiger partial charge is 0.493 e. The highest BCUT2D eigenvalue weighted by atomic mass is 16.5. The van der Waals surface area contributed by atoms with E-state index in [1.165, 1.54) is 20.3 Å². The number of methoxy groups -OCH3 is 2. The lowest BCUT2D eigenvalue weighted by Gasteiger charge is -2.14. The number of hydrogen-bond donors (Lipinski definition) is 1. The summed E-state index contributed by atoms with van der Waals surface area (Å²) in [5.41, 5.74) is 0.280. The first-order chi connectivity index (χ1) is 11.1. The third-order valence-corrected chi connectivity index (χ3v) is 2.98. The van der Waals surface area contributed by atoms with E-state index in [-0.39, 0.29) is 29.5 Å². The number of rotatable bonds is 6. The van der Waals surface area contributed by atoms with Crippen molar-refractivity contribution in [3.63, 3.8) is 0 Å². The normalized spacial score (nSPS) is 10.0. The van der Waals surface area contributed by atoms with Crippen LogP contribution in [-0.2, 0) is 11.3 Å². The zero-order valence-electron chi connectivity index (χ0n) is 12.6. The van der Waals surface area contributed by atoms with Crippen LogP contribution in [0.5, 0.6) is 11.5 Å². The molecule has 0 atom stereocenters. The summed E-state index contributed by atoms with van der Waals surface area (Å²) < 4.78 is 15.4. The Balaban J connectivity index is 2.42. The summed E-state index contributed by atoms with van der Waals surface area (Å²) in [6, 6.07) is 10.5. The average molecular weight is 317 g/mol. The standard InChI is InChI=1S/C16H15NO6/c1-21-12-8-11(15(18)19)17-13(16(20)22-2)14(12)23-9-10-6-4-3-5-7-10/h3-8H,9H2,1-2H3,(H,18,19). The summed E-state index contributed by atoms with van der Waals surface area (Å²) >= 11 is 0. The second-order valence-corrected chi connectivity index (χ2v) is 4.46. The Morgan fingerprint density at radius 3 is 2.43 bits per heavy atom. The highest BCUT2D eigenvalue weighted by molar-refractivity contribution is 5.94. The molecule has 120 valence electrons. The Hall–Kier alpha value is -3.09. The van der Waals surface area contributed by atoms with Gasteiger partial charge < -0.3 is 19.3 Å². The molecule has 1 aromatic heterocycles. The minimum absolute atomic E-state index is 0.0354. The van der Waals surface area contributed by atoms with Crippen LogP contribution < -0.4 is 9.47 Å². The first kappa shape index (κ1) is 16.3. The van der Waals surface area contributed by atoms with Crippen LogP contribution in [0.2, 0.25) is 0 Å². The Labute approximate surface area is 132 Å². The molecule has 7 heteroatoms. The van der Waals surface area contributed by atoms with E-state index in [4.69, 9.17) is 14.6 Å². The second-order valence-electron chi connectivity index (χ2n) is 4.46. The van der Waals surface area contributed by atoms with Crippen molar-refractivity contribution in [1.29, 1.82) is 0 Å². The van der Waals surface area contributed by atoms with Crippen molar-refractivity contribution in [2.75, 3.05) is 14.2 Å². The maximum atomic E-state index is 11.9. The molecule has 0 saturated carbocycles. The third kappa shape index (κ3) is 3.76. The van der Waals surface area contributed by atoms with Crippen LogP contribution >= 0.6 is 0 Å². The fourth-order valence-electron chi connectivity index (χ4n) is 1.88. The number of carbonyl (C=O) groups excluding carboxylic acids is 1. The third-order valence-electron chi connectivity index (χ3n) is 2.98. The zero-order valence-corrected chi connectivity index (χ0v) is 12.6. The summed E-state index contributed by atoms with van der Waals surface area (Å²) in [4.78, 5) is 26.8. The maximum absolute atomic E-state index is 11.9. The van der Waals surface area contributed by atoms with Crippen LogP contribution in [0.25, 0.3) is 0 Å². The van der Waals surface area contributed by atoms with Gasteiger partial charge in [0.1, 0.15) is 6.61 Å².